The van der Waals surface area contributed by atoms with E-state index >= 15 is 0 Å². The van der Waals surface area contributed by atoms with Crippen molar-refractivity contribution >= 4 is 17.3 Å². The maximum absolute atomic E-state index is 13.0. The van der Waals surface area contributed by atoms with Crippen LogP contribution in [0.15, 0.2) is 18.2 Å². The summed E-state index contributed by atoms with van der Waals surface area (Å²) < 4.78 is 13.0. The van der Waals surface area contributed by atoms with Gasteiger partial charge in [-0.25, -0.2) is 4.39 Å². The van der Waals surface area contributed by atoms with Crippen LogP contribution >= 0.6 is 0 Å². The summed E-state index contributed by atoms with van der Waals surface area (Å²) in [6.07, 6.45) is 6.04. The number of nitrogens with zero attached hydrogens (tertiary/aromatic N) is 1. The van der Waals surface area contributed by atoms with Gasteiger partial charge in [-0.3, -0.25) is 9.69 Å². The number of anilines is 2. The smallest absolute Gasteiger partial charge is 0.241 e. The zero-order valence-corrected chi connectivity index (χ0v) is 12.7. The standard InChI is InChI=1S/C16H24FN3O/c1-11(20(2)13-6-4-3-5-7-13)16(21)19-15-9-8-12(17)10-14(15)18/h8-11,13H,3-7,18H2,1-2H3,(H,19,21). The number of halogens is 1. The average Bonchev–Trinajstić information content (AvgIpc) is 2.49. The van der Waals surface area contributed by atoms with Crippen LogP contribution in [-0.2, 0) is 4.79 Å². The minimum Gasteiger partial charge on any atom is -0.397 e. The fourth-order valence-electron chi connectivity index (χ4n) is 2.87. The monoisotopic (exact) mass is 293 g/mol. The molecule has 3 N–H and O–H groups in total. The molecule has 1 aliphatic rings. The largest absolute Gasteiger partial charge is 0.397 e. The number of nitrogens with one attached hydrogen (secondary N) is 1. The minimum absolute atomic E-state index is 0.110. The Labute approximate surface area is 125 Å². The number of likely N-dealkylation sites (N-methyl/N-ethyl adjacent to an activating group) is 1. The molecule has 0 heterocycles. The van der Waals surface area contributed by atoms with Crippen molar-refractivity contribution < 1.29 is 9.18 Å². The van der Waals surface area contributed by atoms with Crippen LogP contribution < -0.4 is 11.1 Å². The fraction of sp³-hybridized carbons (Fsp3) is 0.562. The summed E-state index contributed by atoms with van der Waals surface area (Å²) in [5.74, 6) is -0.515. The highest BCUT2D eigenvalue weighted by molar-refractivity contribution is 5.97. The summed E-state index contributed by atoms with van der Waals surface area (Å²) in [6.45, 7) is 1.89. The number of amides is 1. The molecule has 0 radical (unpaired) electrons. The van der Waals surface area contributed by atoms with Crippen LogP contribution in [-0.4, -0.2) is 29.9 Å². The third-order valence-electron chi connectivity index (χ3n) is 4.41. The Bertz CT molecular complexity index is 500. The third kappa shape index (κ3) is 3.94. The fourth-order valence-corrected chi connectivity index (χ4v) is 2.87. The lowest BCUT2D eigenvalue weighted by Gasteiger charge is -2.34. The molecule has 1 unspecified atom stereocenters. The van der Waals surface area contributed by atoms with Crippen LogP contribution in [0.5, 0.6) is 0 Å². The van der Waals surface area contributed by atoms with E-state index in [4.69, 9.17) is 5.73 Å². The lowest BCUT2D eigenvalue weighted by atomic mass is 9.93. The molecule has 5 heteroatoms. The van der Waals surface area contributed by atoms with Gasteiger partial charge in [-0.15, -0.1) is 0 Å². The highest BCUT2D eigenvalue weighted by Gasteiger charge is 2.26. The number of rotatable bonds is 4. The molecule has 1 fully saturated rings. The Morgan fingerprint density at radius 3 is 2.67 bits per heavy atom. The van der Waals surface area contributed by atoms with Crippen molar-refractivity contribution in [2.45, 2.75) is 51.1 Å². The summed E-state index contributed by atoms with van der Waals surface area (Å²) >= 11 is 0. The van der Waals surface area contributed by atoms with E-state index in [2.05, 4.69) is 10.2 Å². The van der Waals surface area contributed by atoms with Crippen LogP contribution in [0, 0.1) is 5.82 Å². The van der Waals surface area contributed by atoms with Crippen LogP contribution in [0.1, 0.15) is 39.0 Å². The molecular formula is C16H24FN3O. The summed E-state index contributed by atoms with van der Waals surface area (Å²) in [6, 6.07) is 4.23. The van der Waals surface area contributed by atoms with Gasteiger partial charge in [-0.05, 0) is 45.0 Å². The summed E-state index contributed by atoms with van der Waals surface area (Å²) in [5.41, 5.74) is 6.43. The Kier molecular flexibility index (Phi) is 5.17. The third-order valence-corrected chi connectivity index (χ3v) is 4.41. The maximum atomic E-state index is 13.0. The molecule has 116 valence electrons. The molecule has 1 atom stereocenters. The van der Waals surface area contributed by atoms with E-state index in [-0.39, 0.29) is 17.6 Å². The zero-order chi connectivity index (χ0) is 15.4. The van der Waals surface area contributed by atoms with Gasteiger partial charge < -0.3 is 11.1 Å². The minimum atomic E-state index is -0.405. The van der Waals surface area contributed by atoms with Gasteiger partial charge in [0.25, 0.3) is 0 Å². The zero-order valence-electron chi connectivity index (χ0n) is 12.7. The van der Waals surface area contributed by atoms with Crippen molar-refractivity contribution in [3.8, 4) is 0 Å². The average molecular weight is 293 g/mol. The van der Waals surface area contributed by atoms with E-state index in [1.165, 1.54) is 37.5 Å². The van der Waals surface area contributed by atoms with Crippen LogP contribution in [0.25, 0.3) is 0 Å². The molecule has 0 bridgehead atoms. The Morgan fingerprint density at radius 2 is 2.05 bits per heavy atom. The van der Waals surface area contributed by atoms with Crippen molar-refractivity contribution in [3.05, 3.63) is 24.0 Å². The molecule has 0 spiro atoms. The van der Waals surface area contributed by atoms with Crippen LogP contribution in [0.3, 0.4) is 0 Å². The first-order valence-corrected chi connectivity index (χ1v) is 7.57. The predicted octanol–water partition coefficient (Wildman–Crippen LogP) is 3.00. The number of benzene rings is 1. The van der Waals surface area contributed by atoms with Gasteiger partial charge in [0.1, 0.15) is 5.82 Å². The van der Waals surface area contributed by atoms with E-state index in [0.29, 0.717) is 11.7 Å². The van der Waals surface area contributed by atoms with Crippen molar-refractivity contribution in [2.75, 3.05) is 18.1 Å². The number of nitrogen functional groups attached to an aromatic ring is 1. The summed E-state index contributed by atoms with van der Waals surface area (Å²) in [5, 5.41) is 2.78. The van der Waals surface area contributed by atoms with Crippen molar-refractivity contribution in [2.24, 2.45) is 0 Å². The number of hydrogen-bond donors (Lipinski definition) is 2. The molecule has 1 amide bonds. The molecule has 1 aromatic rings. The van der Waals surface area contributed by atoms with E-state index in [0.717, 1.165) is 12.8 Å². The lowest BCUT2D eigenvalue weighted by Crippen LogP contribution is -2.46. The number of hydrogen-bond acceptors (Lipinski definition) is 3. The van der Waals surface area contributed by atoms with Crippen molar-refractivity contribution in [3.63, 3.8) is 0 Å². The molecule has 1 saturated carbocycles. The maximum Gasteiger partial charge on any atom is 0.241 e. The highest BCUT2D eigenvalue weighted by atomic mass is 19.1. The highest BCUT2D eigenvalue weighted by Crippen LogP contribution is 2.24. The first kappa shape index (κ1) is 15.8. The van der Waals surface area contributed by atoms with Crippen LogP contribution in [0.2, 0.25) is 0 Å². The van der Waals surface area contributed by atoms with Crippen molar-refractivity contribution in [1.29, 1.82) is 0 Å². The van der Waals surface area contributed by atoms with Gasteiger partial charge in [-0.2, -0.15) is 0 Å². The van der Waals surface area contributed by atoms with E-state index in [9.17, 15) is 9.18 Å². The van der Waals surface area contributed by atoms with Gasteiger partial charge in [0, 0.05) is 6.04 Å². The normalized spacial score (nSPS) is 17.7. The molecule has 1 aliphatic carbocycles. The van der Waals surface area contributed by atoms with Gasteiger partial charge in [-0.1, -0.05) is 19.3 Å². The Balaban J connectivity index is 1.98. The number of nitrogens with two attached hydrogens (primary N) is 1. The van der Waals surface area contributed by atoms with E-state index in [1.807, 2.05) is 14.0 Å². The predicted molar refractivity (Wildman–Crippen MR) is 83.5 cm³/mol. The number of carbonyl (C=O) groups excluding carboxylic acids is 1. The summed E-state index contributed by atoms with van der Waals surface area (Å²) in [7, 11) is 1.99. The van der Waals surface area contributed by atoms with Gasteiger partial charge in [0.05, 0.1) is 17.4 Å². The molecule has 1 aromatic carbocycles. The molecule has 2 rings (SSSR count). The Hall–Kier alpha value is -1.62. The topological polar surface area (TPSA) is 58.4 Å². The summed E-state index contributed by atoms with van der Waals surface area (Å²) in [4.78, 5) is 14.5. The molecule has 0 aliphatic heterocycles. The number of carbonyl (C=O) groups is 1. The Morgan fingerprint density at radius 1 is 1.38 bits per heavy atom. The van der Waals surface area contributed by atoms with Crippen LogP contribution in [0.4, 0.5) is 15.8 Å². The molecular weight excluding hydrogens is 269 g/mol. The SMILES string of the molecule is CC(C(=O)Nc1ccc(F)cc1N)N(C)C1CCCCC1. The van der Waals surface area contributed by atoms with E-state index < -0.39 is 5.82 Å². The first-order chi connectivity index (χ1) is 9.99. The second-order valence-corrected chi connectivity index (χ2v) is 5.85. The second kappa shape index (κ2) is 6.89. The second-order valence-electron chi connectivity index (χ2n) is 5.85. The van der Waals surface area contributed by atoms with E-state index in [1.54, 1.807) is 0 Å². The van der Waals surface area contributed by atoms with Gasteiger partial charge in [0.2, 0.25) is 5.91 Å². The molecule has 0 saturated heterocycles. The van der Waals surface area contributed by atoms with Gasteiger partial charge >= 0.3 is 0 Å². The lowest BCUT2D eigenvalue weighted by molar-refractivity contribution is -0.121. The molecule has 4 nitrogen and oxygen atoms in total. The van der Waals surface area contributed by atoms with Gasteiger partial charge in [0.15, 0.2) is 0 Å². The first-order valence-electron chi connectivity index (χ1n) is 7.57. The quantitative estimate of drug-likeness (QED) is 0.839. The molecule has 21 heavy (non-hydrogen) atoms. The van der Waals surface area contributed by atoms with Crippen molar-refractivity contribution in [1.82, 2.24) is 4.90 Å². The molecule has 0 aromatic heterocycles.